The Kier molecular flexibility index (Phi) is 5.68. The van der Waals surface area contributed by atoms with Crippen LogP contribution in [0.5, 0.6) is 0 Å². The number of rotatable bonds is 3. The lowest BCUT2D eigenvalue weighted by atomic mass is 10.3. The zero-order chi connectivity index (χ0) is 7.11. The van der Waals surface area contributed by atoms with E-state index in [1.165, 1.54) is 0 Å². The molecule has 0 aliphatic rings. The van der Waals surface area contributed by atoms with Gasteiger partial charge >= 0.3 is 0 Å². The van der Waals surface area contributed by atoms with Crippen LogP contribution in [0.1, 0.15) is 13.3 Å². The van der Waals surface area contributed by atoms with Crippen LogP contribution in [0.15, 0.2) is 23.3 Å². The zero-order valence-corrected chi connectivity index (χ0v) is 6.36. The van der Waals surface area contributed by atoms with E-state index in [4.69, 9.17) is 17.3 Å². The van der Waals surface area contributed by atoms with E-state index in [2.05, 4.69) is 0 Å². The van der Waals surface area contributed by atoms with Crippen molar-refractivity contribution < 1.29 is 0 Å². The fraction of sp³-hybridized carbons (Fsp3) is 0.429. The molecule has 0 aromatic heterocycles. The minimum Gasteiger partial charge on any atom is -0.330 e. The molecule has 0 aromatic rings. The Hall–Kier alpha value is -0.270. The second-order valence-corrected chi connectivity index (χ2v) is 2.10. The van der Waals surface area contributed by atoms with E-state index in [1.807, 2.05) is 25.2 Å². The fourth-order valence-corrected chi connectivity index (χ4v) is 0.684. The third-order valence-corrected chi connectivity index (χ3v) is 1.11. The van der Waals surface area contributed by atoms with Crippen LogP contribution in [0.25, 0.3) is 0 Å². The molecule has 2 N–H and O–H groups in total. The van der Waals surface area contributed by atoms with Gasteiger partial charge in [0, 0.05) is 5.03 Å². The Labute approximate surface area is 61.2 Å². The van der Waals surface area contributed by atoms with Gasteiger partial charge in [0.15, 0.2) is 0 Å². The maximum absolute atomic E-state index is 5.68. The van der Waals surface area contributed by atoms with Crippen LogP contribution in [0.2, 0.25) is 0 Å². The number of allylic oxidation sites excluding steroid dienone is 3. The third-order valence-electron chi connectivity index (χ3n) is 0.832. The Morgan fingerprint density at radius 3 is 2.78 bits per heavy atom. The molecule has 0 amide bonds. The van der Waals surface area contributed by atoms with Crippen LogP contribution in [0.3, 0.4) is 0 Å². The van der Waals surface area contributed by atoms with Gasteiger partial charge in [-0.25, -0.2) is 0 Å². The normalized spacial score (nSPS) is 13.0. The van der Waals surface area contributed by atoms with Crippen molar-refractivity contribution >= 4 is 11.6 Å². The highest BCUT2D eigenvalue weighted by Crippen LogP contribution is 2.02. The summed E-state index contributed by atoms with van der Waals surface area (Å²) in [4.78, 5) is 0. The second kappa shape index (κ2) is 5.86. The molecular weight excluding hydrogens is 134 g/mol. The predicted molar refractivity (Wildman–Crippen MR) is 42.4 cm³/mol. The molecule has 0 rings (SSSR count). The summed E-state index contributed by atoms with van der Waals surface area (Å²) in [6.45, 7) is 2.59. The summed E-state index contributed by atoms with van der Waals surface area (Å²) in [5.41, 5.74) is 5.25. The van der Waals surface area contributed by atoms with Crippen LogP contribution in [0.4, 0.5) is 0 Å². The maximum Gasteiger partial charge on any atom is 0.0363 e. The summed E-state index contributed by atoms with van der Waals surface area (Å²) in [6.07, 6.45) is 6.50. The van der Waals surface area contributed by atoms with E-state index < -0.39 is 0 Å². The van der Waals surface area contributed by atoms with Gasteiger partial charge in [0.25, 0.3) is 0 Å². The lowest BCUT2D eigenvalue weighted by Gasteiger charge is -1.86. The van der Waals surface area contributed by atoms with Gasteiger partial charge in [-0.3, -0.25) is 0 Å². The second-order valence-electron chi connectivity index (χ2n) is 1.67. The lowest BCUT2D eigenvalue weighted by Crippen LogP contribution is -1.95. The molecule has 52 valence electrons. The van der Waals surface area contributed by atoms with Gasteiger partial charge in [-0.15, -0.1) is 0 Å². The van der Waals surface area contributed by atoms with E-state index in [9.17, 15) is 0 Å². The molecule has 0 atom stereocenters. The SMILES string of the molecule is C/C=C\C(Cl)=C/CCN. The van der Waals surface area contributed by atoms with E-state index in [0.29, 0.717) is 6.54 Å². The Balaban J connectivity index is 3.55. The van der Waals surface area contributed by atoms with Crippen LogP contribution in [-0.4, -0.2) is 6.54 Å². The quantitative estimate of drug-likeness (QED) is 0.605. The van der Waals surface area contributed by atoms with E-state index in [-0.39, 0.29) is 0 Å². The Morgan fingerprint density at radius 1 is 1.67 bits per heavy atom. The highest BCUT2D eigenvalue weighted by Gasteiger charge is 1.80. The summed E-state index contributed by atoms with van der Waals surface area (Å²) in [7, 11) is 0. The van der Waals surface area contributed by atoms with Crippen molar-refractivity contribution in [3.63, 3.8) is 0 Å². The molecule has 0 heterocycles. The van der Waals surface area contributed by atoms with Crippen molar-refractivity contribution in [1.82, 2.24) is 0 Å². The molecule has 2 heteroatoms. The standard InChI is InChI=1S/C7H12ClN/c1-2-4-7(8)5-3-6-9/h2,4-5H,3,6,9H2,1H3/b4-2-,7-5+. The van der Waals surface area contributed by atoms with Gasteiger partial charge in [-0.1, -0.05) is 23.8 Å². The molecule has 0 fully saturated rings. The molecule has 0 spiro atoms. The zero-order valence-electron chi connectivity index (χ0n) is 5.60. The molecule has 9 heavy (non-hydrogen) atoms. The molecule has 0 saturated carbocycles. The average Bonchev–Trinajstić information content (AvgIpc) is 1.85. The summed E-state index contributed by atoms with van der Waals surface area (Å²) >= 11 is 5.68. The van der Waals surface area contributed by atoms with Crippen molar-refractivity contribution in [2.45, 2.75) is 13.3 Å². The van der Waals surface area contributed by atoms with Crippen molar-refractivity contribution in [2.24, 2.45) is 5.73 Å². The molecule has 0 radical (unpaired) electrons. The van der Waals surface area contributed by atoms with Crippen LogP contribution >= 0.6 is 11.6 Å². The van der Waals surface area contributed by atoms with Crippen LogP contribution in [-0.2, 0) is 0 Å². The minimum atomic E-state index is 0.660. The number of nitrogens with two attached hydrogens (primary N) is 1. The number of halogens is 1. The smallest absolute Gasteiger partial charge is 0.0363 e. The first-order valence-corrected chi connectivity index (χ1v) is 3.37. The van der Waals surface area contributed by atoms with E-state index >= 15 is 0 Å². The van der Waals surface area contributed by atoms with Gasteiger partial charge in [0.05, 0.1) is 0 Å². The minimum absolute atomic E-state index is 0.660. The van der Waals surface area contributed by atoms with Crippen molar-refractivity contribution in [2.75, 3.05) is 6.54 Å². The molecule has 1 nitrogen and oxygen atoms in total. The highest BCUT2D eigenvalue weighted by molar-refractivity contribution is 6.31. The van der Waals surface area contributed by atoms with Gasteiger partial charge in [0.2, 0.25) is 0 Å². The Morgan fingerprint density at radius 2 is 2.33 bits per heavy atom. The first-order valence-electron chi connectivity index (χ1n) is 2.99. The summed E-state index contributed by atoms with van der Waals surface area (Å²) in [5, 5.41) is 0.767. The molecule has 0 aromatic carbocycles. The highest BCUT2D eigenvalue weighted by atomic mass is 35.5. The number of hydrogen-bond donors (Lipinski definition) is 1. The predicted octanol–water partition coefficient (Wildman–Crippen LogP) is 2.03. The average molecular weight is 146 g/mol. The molecule has 0 aliphatic heterocycles. The molecule has 0 saturated heterocycles. The fourth-order valence-electron chi connectivity index (χ4n) is 0.448. The third kappa shape index (κ3) is 5.60. The molecule has 0 aliphatic carbocycles. The van der Waals surface area contributed by atoms with E-state index in [1.54, 1.807) is 0 Å². The van der Waals surface area contributed by atoms with Crippen molar-refractivity contribution in [1.29, 1.82) is 0 Å². The van der Waals surface area contributed by atoms with Crippen LogP contribution < -0.4 is 5.73 Å². The summed E-state index contributed by atoms with van der Waals surface area (Å²) < 4.78 is 0. The maximum atomic E-state index is 5.68. The monoisotopic (exact) mass is 145 g/mol. The van der Waals surface area contributed by atoms with Gasteiger partial charge in [-0.05, 0) is 26.0 Å². The van der Waals surface area contributed by atoms with Crippen molar-refractivity contribution in [3.05, 3.63) is 23.3 Å². The topological polar surface area (TPSA) is 26.0 Å². The first-order chi connectivity index (χ1) is 4.31. The molecular formula is C7H12ClN. The molecule has 0 unspecified atom stereocenters. The summed E-state index contributed by atoms with van der Waals surface area (Å²) in [5.74, 6) is 0. The Bertz CT molecular complexity index is 116. The largest absolute Gasteiger partial charge is 0.330 e. The van der Waals surface area contributed by atoms with Gasteiger partial charge in [0.1, 0.15) is 0 Å². The van der Waals surface area contributed by atoms with Gasteiger partial charge < -0.3 is 5.73 Å². The van der Waals surface area contributed by atoms with Crippen molar-refractivity contribution in [3.8, 4) is 0 Å². The lowest BCUT2D eigenvalue weighted by molar-refractivity contribution is 1.01. The van der Waals surface area contributed by atoms with Crippen LogP contribution in [0, 0.1) is 0 Å². The van der Waals surface area contributed by atoms with E-state index in [0.717, 1.165) is 11.5 Å². The first kappa shape index (κ1) is 8.73. The summed E-state index contributed by atoms with van der Waals surface area (Å²) in [6, 6.07) is 0. The molecule has 0 bridgehead atoms. The number of hydrogen-bond acceptors (Lipinski definition) is 1. The van der Waals surface area contributed by atoms with Gasteiger partial charge in [-0.2, -0.15) is 0 Å².